The highest BCUT2D eigenvalue weighted by Gasteiger charge is 2.01. The molecule has 0 atom stereocenters. The van der Waals surface area contributed by atoms with Crippen molar-refractivity contribution in [1.82, 2.24) is 0 Å². The maximum Gasteiger partial charge on any atom is 0.305 e. The maximum atomic E-state index is 11.1. The predicted molar refractivity (Wildman–Crippen MR) is 60.5 cm³/mol. The molecule has 0 bridgehead atoms. The van der Waals surface area contributed by atoms with Gasteiger partial charge in [0.25, 0.3) is 0 Å². The molecule has 88 valence electrons. The molecular weight excluding hydrogens is 192 g/mol. The highest BCUT2D eigenvalue weighted by molar-refractivity contribution is 5.69. The smallest absolute Gasteiger partial charge is 0.305 e. The Hall–Kier alpha value is -0.990. The van der Waals surface area contributed by atoms with Gasteiger partial charge in [-0.05, 0) is 25.8 Å². The Morgan fingerprint density at radius 3 is 2.53 bits per heavy atom. The average molecular weight is 214 g/mol. The van der Waals surface area contributed by atoms with Crippen LogP contribution in [0.15, 0.2) is 11.8 Å². The Morgan fingerprint density at radius 1 is 1.20 bits per heavy atom. The second kappa shape index (κ2) is 9.56. The summed E-state index contributed by atoms with van der Waals surface area (Å²) in [6.45, 7) is 6.80. The average Bonchev–Trinajstić information content (AvgIpc) is 2.17. The van der Waals surface area contributed by atoms with Crippen LogP contribution in [0.5, 0.6) is 0 Å². The van der Waals surface area contributed by atoms with E-state index < -0.39 is 0 Å². The normalized spacial score (nSPS) is 9.53. The Labute approximate surface area is 92.5 Å². The molecule has 0 aliphatic rings. The summed E-state index contributed by atoms with van der Waals surface area (Å²) in [6, 6.07) is 0. The van der Waals surface area contributed by atoms with Crippen molar-refractivity contribution < 1.29 is 14.3 Å². The first-order valence-electron chi connectivity index (χ1n) is 5.57. The van der Waals surface area contributed by atoms with E-state index in [1.54, 1.807) is 6.26 Å². The summed E-state index contributed by atoms with van der Waals surface area (Å²) in [5, 5.41) is 0. The van der Waals surface area contributed by atoms with E-state index >= 15 is 0 Å². The molecule has 15 heavy (non-hydrogen) atoms. The first-order chi connectivity index (χ1) is 7.16. The molecule has 0 heterocycles. The van der Waals surface area contributed by atoms with Crippen molar-refractivity contribution in [2.24, 2.45) is 0 Å². The number of carbonyl (C=O) groups excluding carboxylic acids is 1. The summed E-state index contributed by atoms with van der Waals surface area (Å²) >= 11 is 0. The molecule has 0 radical (unpaired) electrons. The molecular formula is C12H22O3. The van der Waals surface area contributed by atoms with Crippen LogP contribution >= 0.6 is 0 Å². The van der Waals surface area contributed by atoms with E-state index in [1.165, 1.54) is 0 Å². The minimum atomic E-state index is -0.121. The standard InChI is InChI=1S/C12H22O3/c1-4-5-6-7-12(13)15-9-8-14-10-11(2)3/h10H,4-9H2,1-3H3. The lowest BCUT2D eigenvalue weighted by Crippen LogP contribution is -2.09. The fourth-order valence-corrected chi connectivity index (χ4v) is 1.02. The molecule has 0 spiro atoms. The lowest BCUT2D eigenvalue weighted by molar-refractivity contribution is -0.144. The van der Waals surface area contributed by atoms with Crippen molar-refractivity contribution >= 4 is 5.97 Å². The van der Waals surface area contributed by atoms with Crippen LogP contribution in [0.3, 0.4) is 0 Å². The van der Waals surface area contributed by atoms with Gasteiger partial charge in [-0.3, -0.25) is 4.79 Å². The first-order valence-corrected chi connectivity index (χ1v) is 5.57. The minimum absolute atomic E-state index is 0.121. The molecule has 3 heteroatoms. The minimum Gasteiger partial charge on any atom is -0.498 e. The van der Waals surface area contributed by atoms with Crippen molar-refractivity contribution in [2.45, 2.75) is 46.5 Å². The zero-order chi connectivity index (χ0) is 11.5. The summed E-state index contributed by atoms with van der Waals surface area (Å²) in [4.78, 5) is 11.1. The fraction of sp³-hybridized carbons (Fsp3) is 0.750. The van der Waals surface area contributed by atoms with Crippen molar-refractivity contribution in [3.63, 3.8) is 0 Å². The van der Waals surface area contributed by atoms with Crippen LogP contribution in [-0.2, 0) is 14.3 Å². The molecule has 0 saturated heterocycles. The summed E-state index contributed by atoms with van der Waals surface area (Å²) in [6.07, 6.45) is 5.33. The van der Waals surface area contributed by atoms with E-state index in [0.29, 0.717) is 19.6 Å². The molecule has 0 aliphatic heterocycles. The molecule has 0 aromatic carbocycles. The topological polar surface area (TPSA) is 35.5 Å². The lowest BCUT2D eigenvalue weighted by atomic mass is 10.2. The van der Waals surface area contributed by atoms with Crippen LogP contribution in [0, 0.1) is 0 Å². The highest BCUT2D eigenvalue weighted by Crippen LogP contribution is 2.00. The molecule has 0 fully saturated rings. The molecule has 0 aromatic heterocycles. The maximum absolute atomic E-state index is 11.1. The van der Waals surface area contributed by atoms with Crippen LogP contribution in [0.2, 0.25) is 0 Å². The fourth-order valence-electron chi connectivity index (χ4n) is 1.02. The second-order valence-electron chi connectivity index (χ2n) is 3.74. The van der Waals surface area contributed by atoms with Gasteiger partial charge in [-0.2, -0.15) is 0 Å². The zero-order valence-corrected chi connectivity index (χ0v) is 10.0. The molecule has 0 unspecified atom stereocenters. The molecule has 3 nitrogen and oxygen atoms in total. The molecule has 0 saturated carbocycles. The van der Waals surface area contributed by atoms with Gasteiger partial charge in [-0.15, -0.1) is 0 Å². The van der Waals surface area contributed by atoms with Gasteiger partial charge in [0.2, 0.25) is 0 Å². The van der Waals surface area contributed by atoms with Crippen molar-refractivity contribution in [1.29, 1.82) is 0 Å². The third-order valence-electron chi connectivity index (χ3n) is 1.77. The van der Waals surface area contributed by atoms with Crippen LogP contribution in [0.25, 0.3) is 0 Å². The van der Waals surface area contributed by atoms with Gasteiger partial charge in [0.1, 0.15) is 13.2 Å². The highest BCUT2D eigenvalue weighted by atomic mass is 16.6. The number of esters is 1. The number of unbranched alkanes of at least 4 members (excludes halogenated alkanes) is 2. The van der Waals surface area contributed by atoms with E-state index in [1.807, 2.05) is 13.8 Å². The van der Waals surface area contributed by atoms with E-state index in [0.717, 1.165) is 24.8 Å². The van der Waals surface area contributed by atoms with Gasteiger partial charge < -0.3 is 9.47 Å². The second-order valence-corrected chi connectivity index (χ2v) is 3.74. The molecule has 0 aromatic rings. The molecule has 0 N–H and O–H groups in total. The van der Waals surface area contributed by atoms with Gasteiger partial charge in [0, 0.05) is 6.42 Å². The zero-order valence-electron chi connectivity index (χ0n) is 10.0. The number of carbonyl (C=O) groups is 1. The van der Waals surface area contributed by atoms with E-state index in [2.05, 4.69) is 6.92 Å². The Balaban J connectivity index is 3.28. The van der Waals surface area contributed by atoms with E-state index in [-0.39, 0.29) is 5.97 Å². The number of hydrogen-bond acceptors (Lipinski definition) is 3. The predicted octanol–water partition coefficient (Wildman–Crippen LogP) is 3.05. The largest absolute Gasteiger partial charge is 0.498 e. The summed E-state index contributed by atoms with van der Waals surface area (Å²) < 4.78 is 10.1. The number of ether oxygens (including phenoxy) is 2. The van der Waals surface area contributed by atoms with Crippen LogP contribution in [0.1, 0.15) is 46.5 Å². The van der Waals surface area contributed by atoms with Crippen LogP contribution < -0.4 is 0 Å². The van der Waals surface area contributed by atoms with Crippen molar-refractivity contribution in [3.05, 3.63) is 11.8 Å². The van der Waals surface area contributed by atoms with E-state index in [4.69, 9.17) is 9.47 Å². The Kier molecular flexibility index (Phi) is 8.93. The number of hydrogen-bond donors (Lipinski definition) is 0. The first kappa shape index (κ1) is 14.0. The van der Waals surface area contributed by atoms with Crippen LogP contribution in [0.4, 0.5) is 0 Å². The monoisotopic (exact) mass is 214 g/mol. The third kappa shape index (κ3) is 10.9. The van der Waals surface area contributed by atoms with Crippen LogP contribution in [-0.4, -0.2) is 19.2 Å². The van der Waals surface area contributed by atoms with Crippen molar-refractivity contribution in [3.8, 4) is 0 Å². The SMILES string of the molecule is CCCCCC(=O)OCCOC=C(C)C. The number of rotatable bonds is 8. The Bertz CT molecular complexity index is 193. The Morgan fingerprint density at radius 2 is 1.93 bits per heavy atom. The van der Waals surface area contributed by atoms with Gasteiger partial charge >= 0.3 is 5.97 Å². The van der Waals surface area contributed by atoms with Gasteiger partial charge in [-0.25, -0.2) is 0 Å². The van der Waals surface area contributed by atoms with Crippen molar-refractivity contribution in [2.75, 3.05) is 13.2 Å². The third-order valence-corrected chi connectivity index (χ3v) is 1.77. The molecule has 0 amide bonds. The molecule has 0 rings (SSSR count). The number of allylic oxidation sites excluding steroid dienone is 1. The van der Waals surface area contributed by atoms with E-state index in [9.17, 15) is 4.79 Å². The van der Waals surface area contributed by atoms with Gasteiger partial charge in [0.15, 0.2) is 0 Å². The summed E-state index contributed by atoms with van der Waals surface area (Å²) in [7, 11) is 0. The molecule has 0 aliphatic carbocycles. The quantitative estimate of drug-likeness (QED) is 0.354. The van der Waals surface area contributed by atoms with Gasteiger partial charge in [0.05, 0.1) is 6.26 Å². The summed E-state index contributed by atoms with van der Waals surface area (Å²) in [5.41, 5.74) is 1.10. The van der Waals surface area contributed by atoms with Gasteiger partial charge in [-0.1, -0.05) is 19.8 Å². The lowest BCUT2D eigenvalue weighted by Gasteiger charge is -2.04. The summed E-state index contributed by atoms with van der Waals surface area (Å²) in [5.74, 6) is -0.121.